The van der Waals surface area contributed by atoms with Crippen LogP contribution in [0.2, 0.25) is 0 Å². The van der Waals surface area contributed by atoms with Crippen molar-refractivity contribution >= 4 is 33.4 Å². The third-order valence-electron chi connectivity index (χ3n) is 6.67. The number of aliphatic hydroxyl groups is 1. The number of aliphatic hydroxyl groups excluding tert-OH is 1. The Labute approximate surface area is 225 Å². The van der Waals surface area contributed by atoms with Crippen molar-refractivity contribution in [2.24, 2.45) is 0 Å². The molecule has 3 aromatic rings. The molecule has 0 radical (unpaired) electrons. The van der Waals surface area contributed by atoms with Gasteiger partial charge in [0, 0.05) is 16.6 Å². The number of carbonyl (C=O) groups is 2. The van der Waals surface area contributed by atoms with E-state index in [9.17, 15) is 14.7 Å². The van der Waals surface area contributed by atoms with Crippen molar-refractivity contribution < 1.29 is 24.2 Å². The predicted molar refractivity (Wildman–Crippen MR) is 147 cm³/mol. The standard InChI is InChI=1S/C30H30BrNO5/c1-18(2)20-6-8-21(9-7-20)27-26(28(33)22-10-12-23(31)13-11-22)29(34)30(35)32(27)16-15-19-5-14-24(36-3)25(17-19)37-4/h5-14,17-18,27,33H,15-16H2,1-4H3/t27-/m0/s1. The molecule has 0 bridgehead atoms. The smallest absolute Gasteiger partial charge is 0.295 e. The number of ether oxygens (including phenoxy) is 2. The summed E-state index contributed by atoms with van der Waals surface area (Å²) in [6.07, 6.45) is 0.492. The molecule has 6 nitrogen and oxygen atoms in total. The van der Waals surface area contributed by atoms with Gasteiger partial charge in [0.15, 0.2) is 11.5 Å². The molecule has 4 rings (SSSR count). The molecule has 0 spiro atoms. The summed E-state index contributed by atoms with van der Waals surface area (Å²) in [5, 5.41) is 11.2. The van der Waals surface area contributed by atoms with Crippen LogP contribution in [0, 0.1) is 0 Å². The van der Waals surface area contributed by atoms with Crippen LogP contribution in [0.1, 0.15) is 48.1 Å². The number of hydrogen-bond acceptors (Lipinski definition) is 5. The summed E-state index contributed by atoms with van der Waals surface area (Å²) in [7, 11) is 3.15. The highest BCUT2D eigenvalue weighted by Gasteiger charge is 2.45. The molecule has 1 saturated heterocycles. The molecule has 0 aromatic heterocycles. The second-order valence-electron chi connectivity index (χ2n) is 9.26. The average Bonchev–Trinajstić information content (AvgIpc) is 3.16. The van der Waals surface area contributed by atoms with E-state index in [0.29, 0.717) is 29.4 Å². The second kappa shape index (κ2) is 11.2. The van der Waals surface area contributed by atoms with Gasteiger partial charge in [0.05, 0.1) is 25.8 Å². The van der Waals surface area contributed by atoms with E-state index in [0.717, 1.165) is 21.2 Å². The van der Waals surface area contributed by atoms with Crippen LogP contribution in [0.3, 0.4) is 0 Å². The van der Waals surface area contributed by atoms with Crippen molar-refractivity contribution in [3.05, 3.63) is 99.0 Å². The normalized spacial score (nSPS) is 16.9. The van der Waals surface area contributed by atoms with E-state index in [-0.39, 0.29) is 17.9 Å². The zero-order valence-electron chi connectivity index (χ0n) is 21.3. The van der Waals surface area contributed by atoms with Crippen molar-refractivity contribution in [2.45, 2.75) is 32.2 Å². The Kier molecular flexibility index (Phi) is 8.03. The first-order valence-electron chi connectivity index (χ1n) is 12.1. The molecule has 3 aromatic carbocycles. The van der Waals surface area contributed by atoms with Gasteiger partial charge < -0.3 is 19.5 Å². The third kappa shape index (κ3) is 5.42. The van der Waals surface area contributed by atoms with Gasteiger partial charge in [-0.25, -0.2) is 0 Å². The highest BCUT2D eigenvalue weighted by Crippen LogP contribution is 2.40. The number of amides is 1. The molecule has 192 valence electrons. The molecule has 1 N–H and O–H groups in total. The molecule has 0 aliphatic carbocycles. The summed E-state index contributed by atoms with van der Waals surface area (Å²) in [5.74, 6) is 0.0536. The summed E-state index contributed by atoms with van der Waals surface area (Å²) in [4.78, 5) is 28.1. The maximum atomic E-state index is 13.3. The number of halogens is 1. The highest BCUT2D eigenvalue weighted by molar-refractivity contribution is 9.10. The minimum absolute atomic E-state index is 0.0944. The van der Waals surface area contributed by atoms with Gasteiger partial charge >= 0.3 is 0 Å². The zero-order valence-corrected chi connectivity index (χ0v) is 22.9. The number of ketones is 1. The van der Waals surface area contributed by atoms with Gasteiger partial charge in [-0.15, -0.1) is 0 Å². The van der Waals surface area contributed by atoms with Crippen LogP contribution in [0.5, 0.6) is 11.5 Å². The fourth-order valence-electron chi connectivity index (χ4n) is 4.57. The van der Waals surface area contributed by atoms with Gasteiger partial charge in [-0.2, -0.15) is 0 Å². The van der Waals surface area contributed by atoms with Crippen molar-refractivity contribution in [3.8, 4) is 11.5 Å². The van der Waals surface area contributed by atoms with Crippen molar-refractivity contribution in [1.29, 1.82) is 0 Å². The minimum atomic E-state index is -0.704. The number of hydrogen-bond donors (Lipinski definition) is 1. The lowest BCUT2D eigenvalue weighted by Crippen LogP contribution is -2.31. The Morgan fingerprint density at radius 3 is 2.19 bits per heavy atom. The van der Waals surface area contributed by atoms with Gasteiger partial charge in [0.1, 0.15) is 5.76 Å². The molecule has 0 saturated carbocycles. The quantitative estimate of drug-likeness (QED) is 0.199. The Morgan fingerprint density at radius 2 is 1.59 bits per heavy atom. The summed E-state index contributed by atoms with van der Waals surface area (Å²) in [5.41, 5.74) is 3.43. The van der Waals surface area contributed by atoms with Crippen LogP contribution in [-0.2, 0) is 16.0 Å². The Morgan fingerprint density at radius 1 is 0.946 bits per heavy atom. The SMILES string of the molecule is COc1ccc(CCN2C(=O)C(=O)C(=C(O)c3ccc(Br)cc3)[C@@H]2c2ccc(C(C)C)cc2)cc1OC. The van der Waals surface area contributed by atoms with E-state index in [1.165, 1.54) is 0 Å². The Bertz CT molecular complexity index is 1330. The fourth-order valence-corrected chi connectivity index (χ4v) is 4.83. The molecule has 7 heteroatoms. The first-order chi connectivity index (χ1) is 17.7. The third-order valence-corrected chi connectivity index (χ3v) is 7.19. The molecule has 0 unspecified atom stereocenters. The van der Waals surface area contributed by atoms with Gasteiger partial charge in [0.2, 0.25) is 0 Å². The molecule has 1 fully saturated rings. The molecule has 1 heterocycles. The van der Waals surface area contributed by atoms with Crippen molar-refractivity contribution in [2.75, 3.05) is 20.8 Å². The van der Waals surface area contributed by atoms with Crippen molar-refractivity contribution in [3.63, 3.8) is 0 Å². The van der Waals surface area contributed by atoms with E-state index in [2.05, 4.69) is 29.8 Å². The number of rotatable bonds is 8. The van der Waals surface area contributed by atoms with E-state index >= 15 is 0 Å². The average molecular weight is 564 g/mol. The highest BCUT2D eigenvalue weighted by atomic mass is 79.9. The maximum Gasteiger partial charge on any atom is 0.295 e. The number of Topliss-reactive ketones (excluding diaryl/α,β-unsaturated/α-hetero) is 1. The van der Waals surface area contributed by atoms with E-state index in [1.807, 2.05) is 42.5 Å². The van der Waals surface area contributed by atoms with Gasteiger partial charge in [-0.05, 0) is 53.3 Å². The Hall–Kier alpha value is -3.58. The number of carbonyl (C=O) groups excluding carboxylic acids is 2. The van der Waals surface area contributed by atoms with Gasteiger partial charge in [-0.3, -0.25) is 9.59 Å². The Balaban J connectivity index is 1.75. The largest absolute Gasteiger partial charge is 0.507 e. The molecular weight excluding hydrogens is 534 g/mol. The summed E-state index contributed by atoms with van der Waals surface area (Å²) in [6, 6.07) is 19.8. The second-order valence-corrected chi connectivity index (χ2v) is 10.2. The van der Waals surface area contributed by atoms with Crippen LogP contribution in [-0.4, -0.2) is 42.5 Å². The van der Waals surface area contributed by atoms with Gasteiger partial charge in [-0.1, -0.05) is 72.2 Å². The van der Waals surface area contributed by atoms with E-state index in [1.54, 1.807) is 43.4 Å². The predicted octanol–water partition coefficient (Wildman–Crippen LogP) is 6.25. The van der Waals surface area contributed by atoms with E-state index in [4.69, 9.17) is 9.47 Å². The molecule has 1 atom stereocenters. The fraction of sp³-hybridized carbons (Fsp3) is 0.267. The van der Waals surface area contributed by atoms with Crippen LogP contribution in [0.15, 0.2) is 76.8 Å². The van der Waals surface area contributed by atoms with Gasteiger partial charge in [0.25, 0.3) is 11.7 Å². The molecule has 1 aliphatic rings. The van der Waals surface area contributed by atoms with Crippen molar-refractivity contribution in [1.82, 2.24) is 4.90 Å². The topological polar surface area (TPSA) is 76.1 Å². The lowest BCUT2D eigenvalue weighted by atomic mass is 9.93. The number of methoxy groups -OCH3 is 2. The maximum absolute atomic E-state index is 13.3. The summed E-state index contributed by atoms with van der Waals surface area (Å²) in [6.45, 7) is 4.50. The lowest BCUT2D eigenvalue weighted by molar-refractivity contribution is -0.139. The number of likely N-dealkylation sites (tertiary alicyclic amines) is 1. The lowest BCUT2D eigenvalue weighted by Gasteiger charge is -2.26. The molecular formula is C30H30BrNO5. The van der Waals surface area contributed by atoms with Crippen LogP contribution in [0.25, 0.3) is 5.76 Å². The molecule has 37 heavy (non-hydrogen) atoms. The first-order valence-corrected chi connectivity index (χ1v) is 12.9. The number of benzene rings is 3. The van der Waals surface area contributed by atoms with Crippen LogP contribution < -0.4 is 9.47 Å². The van der Waals surface area contributed by atoms with E-state index < -0.39 is 17.7 Å². The molecule has 1 aliphatic heterocycles. The van der Waals surface area contributed by atoms with Crippen LogP contribution in [0.4, 0.5) is 0 Å². The summed E-state index contributed by atoms with van der Waals surface area (Å²) >= 11 is 3.39. The molecule has 1 amide bonds. The monoisotopic (exact) mass is 563 g/mol. The zero-order chi connectivity index (χ0) is 26.7. The van der Waals surface area contributed by atoms with Crippen LogP contribution >= 0.6 is 15.9 Å². The first kappa shape index (κ1) is 26.5. The summed E-state index contributed by atoms with van der Waals surface area (Å²) < 4.78 is 11.6. The minimum Gasteiger partial charge on any atom is -0.507 e. The number of nitrogens with zero attached hydrogens (tertiary/aromatic N) is 1.